The van der Waals surface area contributed by atoms with E-state index in [9.17, 15) is 19.2 Å². The maximum absolute atomic E-state index is 13.2. The van der Waals surface area contributed by atoms with Crippen molar-refractivity contribution in [3.8, 4) is 0 Å². The fraction of sp³-hybridized carbons (Fsp3) is 0.769. The number of ether oxygens (including phenoxy) is 1. The molecule has 4 amide bonds. The molecule has 0 radical (unpaired) electrons. The predicted molar refractivity (Wildman–Crippen MR) is 142 cm³/mol. The van der Waals surface area contributed by atoms with E-state index in [-0.39, 0.29) is 30.2 Å². The Morgan fingerprint density at radius 1 is 1.14 bits per heavy atom. The van der Waals surface area contributed by atoms with Gasteiger partial charge in [0.2, 0.25) is 11.8 Å². The second-order valence-electron chi connectivity index (χ2n) is 10.7. The molecule has 9 nitrogen and oxygen atoms in total. The Balaban J connectivity index is 1.98. The zero-order chi connectivity index (χ0) is 26.7. The number of allylic oxidation sites excluding steroid dienone is 1. The van der Waals surface area contributed by atoms with Gasteiger partial charge in [0.15, 0.2) is 0 Å². The molecule has 1 saturated heterocycles. The van der Waals surface area contributed by atoms with E-state index in [4.69, 9.17) is 4.74 Å². The quantitative estimate of drug-likeness (QED) is 0.192. The van der Waals surface area contributed by atoms with Crippen LogP contribution in [-0.4, -0.2) is 64.7 Å². The molecular formula is C26H44N4O5S. The third-order valence-electron chi connectivity index (χ3n) is 6.03. The van der Waals surface area contributed by atoms with Crippen molar-refractivity contribution >= 4 is 35.8 Å². The number of nitrogens with one attached hydrogen (secondary N) is 3. The van der Waals surface area contributed by atoms with Gasteiger partial charge in [0, 0.05) is 17.7 Å². The Morgan fingerprint density at radius 2 is 1.86 bits per heavy atom. The number of unbranched alkanes of at least 4 members (excludes halogenated alkanes) is 3. The van der Waals surface area contributed by atoms with Gasteiger partial charge < -0.3 is 20.3 Å². The van der Waals surface area contributed by atoms with Gasteiger partial charge in [-0.25, -0.2) is 4.79 Å². The van der Waals surface area contributed by atoms with Crippen LogP contribution in [0.15, 0.2) is 12.2 Å². The van der Waals surface area contributed by atoms with E-state index >= 15 is 0 Å². The Hall–Kier alpha value is -2.23. The number of likely N-dealkylation sites (tertiary alicyclic amines) is 1. The summed E-state index contributed by atoms with van der Waals surface area (Å²) in [5.74, 6) is -1.13. The van der Waals surface area contributed by atoms with Crippen LogP contribution in [0.25, 0.3) is 0 Å². The highest BCUT2D eigenvalue weighted by atomic mass is 32.2. The molecule has 0 bridgehead atoms. The number of carbonyl (C=O) groups excluding carboxylic acids is 4. The first-order chi connectivity index (χ1) is 17.0. The molecule has 2 rings (SSSR count). The van der Waals surface area contributed by atoms with Crippen molar-refractivity contribution in [1.82, 2.24) is 20.3 Å². The normalized spacial score (nSPS) is 19.6. The molecule has 1 heterocycles. The molecule has 2 aliphatic rings. The smallest absolute Gasteiger partial charge is 0.408 e. The van der Waals surface area contributed by atoms with Crippen LogP contribution in [0.2, 0.25) is 0 Å². The topological polar surface area (TPSA) is 117 Å². The Bertz CT molecular complexity index is 794. The fourth-order valence-electron chi connectivity index (χ4n) is 3.91. The zero-order valence-corrected chi connectivity index (χ0v) is 23.2. The predicted octanol–water partition coefficient (Wildman–Crippen LogP) is 3.69. The van der Waals surface area contributed by atoms with E-state index in [1.54, 1.807) is 20.8 Å². The fourth-order valence-corrected chi connectivity index (χ4v) is 4.69. The Kier molecular flexibility index (Phi) is 12.1. The van der Waals surface area contributed by atoms with Gasteiger partial charge in [-0.3, -0.25) is 19.1 Å². The van der Waals surface area contributed by atoms with E-state index in [1.807, 2.05) is 13.0 Å². The summed E-state index contributed by atoms with van der Waals surface area (Å²) in [7, 11) is 0. The van der Waals surface area contributed by atoms with Gasteiger partial charge in [0.05, 0.1) is 0 Å². The third-order valence-corrected chi connectivity index (χ3v) is 7.15. The van der Waals surface area contributed by atoms with E-state index in [2.05, 4.69) is 28.4 Å². The van der Waals surface area contributed by atoms with E-state index in [1.165, 1.54) is 16.8 Å². The number of hydrogen-bond donors (Lipinski definition) is 3. The van der Waals surface area contributed by atoms with Gasteiger partial charge in [0.1, 0.15) is 24.2 Å². The van der Waals surface area contributed by atoms with Crippen molar-refractivity contribution in [2.75, 3.05) is 13.1 Å². The number of rotatable bonds is 13. The molecule has 1 aliphatic heterocycles. The van der Waals surface area contributed by atoms with Crippen molar-refractivity contribution in [3.63, 3.8) is 0 Å². The first-order valence-electron chi connectivity index (χ1n) is 13.2. The van der Waals surface area contributed by atoms with Crippen molar-refractivity contribution in [2.45, 2.75) is 109 Å². The van der Waals surface area contributed by atoms with Crippen LogP contribution < -0.4 is 15.4 Å². The van der Waals surface area contributed by atoms with Crippen LogP contribution in [0.5, 0.6) is 0 Å². The number of hydrogen-bond acceptors (Lipinski definition) is 6. The highest BCUT2D eigenvalue weighted by Gasteiger charge is 2.37. The highest BCUT2D eigenvalue weighted by Crippen LogP contribution is 2.32. The lowest BCUT2D eigenvalue weighted by Gasteiger charge is -2.28. The van der Waals surface area contributed by atoms with Crippen molar-refractivity contribution < 1.29 is 23.9 Å². The van der Waals surface area contributed by atoms with Gasteiger partial charge in [-0.1, -0.05) is 38.8 Å². The zero-order valence-electron chi connectivity index (χ0n) is 22.4. The minimum atomic E-state index is -0.733. The summed E-state index contributed by atoms with van der Waals surface area (Å²) in [5.41, 5.74) is -0.669. The molecule has 10 heteroatoms. The first kappa shape index (κ1) is 30.0. The number of carbonyl (C=O) groups is 4. The van der Waals surface area contributed by atoms with E-state index < -0.39 is 23.8 Å². The van der Waals surface area contributed by atoms with Gasteiger partial charge in [-0.2, -0.15) is 0 Å². The largest absolute Gasteiger partial charge is 0.444 e. The second kappa shape index (κ2) is 14.5. The summed E-state index contributed by atoms with van der Waals surface area (Å²) in [6, 6.07) is -1.41. The lowest BCUT2D eigenvalue weighted by atomic mass is 9.99. The Labute approximate surface area is 220 Å². The Morgan fingerprint density at radius 3 is 2.50 bits per heavy atom. The lowest BCUT2D eigenvalue weighted by molar-refractivity contribution is -0.139. The van der Waals surface area contributed by atoms with Crippen LogP contribution >= 0.6 is 11.9 Å². The number of amides is 4. The van der Waals surface area contributed by atoms with Crippen LogP contribution in [0.3, 0.4) is 0 Å². The van der Waals surface area contributed by atoms with Gasteiger partial charge >= 0.3 is 6.09 Å². The van der Waals surface area contributed by atoms with Crippen LogP contribution in [0.1, 0.15) is 86.0 Å². The maximum Gasteiger partial charge on any atom is 0.408 e. The van der Waals surface area contributed by atoms with Crippen LogP contribution in [-0.2, 0) is 19.1 Å². The summed E-state index contributed by atoms with van der Waals surface area (Å²) in [4.78, 5) is 52.4. The third kappa shape index (κ3) is 10.8. The average molecular weight is 525 g/mol. The molecule has 2 fully saturated rings. The summed E-state index contributed by atoms with van der Waals surface area (Å²) < 4.78 is 8.08. The summed E-state index contributed by atoms with van der Waals surface area (Å²) in [6.07, 6.45) is 11.1. The highest BCUT2D eigenvalue weighted by molar-refractivity contribution is 7.98. The molecule has 1 aliphatic carbocycles. The van der Waals surface area contributed by atoms with Gasteiger partial charge in [-0.15, -0.1) is 0 Å². The molecular weight excluding hydrogens is 480 g/mol. The van der Waals surface area contributed by atoms with Gasteiger partial charge in [-0.05, 0) is 71.2 Å². The monoisotopic (exact) mass is 524 g/mol. The number of nitrogens with zero attached hydrogens (tertiary/aromatic N) is 1. The van der Waals surface area contributed by atoms with Crippen molar-refractivity contribution in [3.05, 3.63) is 12.2 Å². The standard InChI is InChI=1S/C26H44N4O5S/c1-6-7-8-9-10-12-18(2)22(24(33)29-36-19-14-15-19)28-23(32)20-13-11-16-30(20)21(31)17-27-25(34)35-26(3,4)5/h10,12,18-20,22H,6-9,11,13-17H2,1-5H3,(H,27,34)(H,28,32)(H,29,33)/b12-10-. The van der Waals surface area contributed by atoms with E-state index in [0.717, 1.165) is 38.5 Å². The molecule has 3 unspecified atom stereocenters. The molecule has 204 valence electrons. The van der Waals surface area contributed by atoms with E-state index in [0.29, 0.717) is 24.6 Å². The molecule has 0 spiro atoms. The lowest BCUT2D eigenvalue weighted by Crippen LogP contribution is -2.55. The average Bonchev–Trinajstić information content (AvgIpc) is 3.51. The molecule has 0 aromatic rings. The molecule has 36 heavy (non-hydrogen) atoms. The van der Waals surface area contributed by atoms with Crippen LogP contribution in [0, 0.1) is 5.92 Å². The van der Waals surface area contributed by atoms with Gasteiger partial charge in [0.25, 0.3) is 5.91 Å². The minimum Gasteiger partial charge on any atom is -0.444 e. The molecule has 1 saturated carbocycles. The summed E-state index contributed by atoms with van der Waals surface area (Å²) >= 11 is 1.42. The van der Waals surface area contributed by atoms with Crippen molar-refractivity contribution in [2.24, 2.45) is 5.92 Å². The number of alkyl carbamates (subject to hydrolysis) is 1. The summed E-state index contributed by atoms with van der Waals surface area (Å²) in [6.45, 7) is 9.48. The molecule has 0 aromatic carbocycles. The molecule has 3 N–H and O–H groups in total. The molecule has 3 atom stereocenters. The second-order valence-corrected chi connectivity index (χ2v) is 11.8. The first-order valence-corrected chi connectivity index (χ1v) is 14.1. The van der Waals surface area contributed by atoms with Crippen LogP contribution in [0.4, 0.5) is 4.79 Å². The summed E-state index contributed by atoms with van der Waals surface area (Å²) in [5, 5.41) is 5.83. The van der Waals surface area contributed by atoms with Crippen molar-refractivity contribution in [1.29, 1.82) is 0 Å². The maximum atomic E-state index is 13.2. The minimum absolute atomic E-state index is 0.199. The molecule has 0 aromatic heterocycles. The SMILES string of the molecule is CCCCC/C=C\C(C)C(NC(=O)C1CCCN1C(=O)CNC(=O)OC(C)(C)C)C(=O)NSC1CC1.